The van der Waals surface area contributed by atoms with Crippen LogP contribution in [-0.4, -0.2) is 54.3 Å². The Hall–Kier alpha value is -1.85. The molecule has 5 nitrogen and oxygen atoms in total. The van der Waals surface area contributed by atoms with E-state index in [4.69, 9.17) is 9.47 Å². The lowest BCUT2D eigenvalue weighted by atomic mass is 9.96. The van der Waals surface area contributed by atoms with Crippen LogP contribution in [0.15, 0.2) is 18.2 Å². The number of fused-ring (bicyclic) bond motifs is 1. The zero-order chi connectivity index (χ0) is 16.9. The predicted octanol–water partition coefficient (Wildman–Crippen LogP) is 2.80. The van der Waals surface area contributed by atoms with Crippen LogP contribution in [0.3, 0.4) is 0 Å². The molecule has 2 atom stereocenters. The van der Waals surface area contributed by atoms with Gasteiger partial charge in [0.15, 0.2) is 0 Å². The topological polar surface area (TPSA) is 54.6 Å². The monoisotopic (exact) mass is 328 g/mol. The highest BCUT2D eigenvalue weighted by atomic mass is 16.6. The number of aromatic amines is 1. The highest BCUT2D eigenvalue weighted by Gasteiger charge is 2.51. The van der Waals surface area contributed by atoms with Gasteiger partial charge in [-0.2, -0.15) is 0 Å². The fourth-order valence-corrected chi connectivity index (χ4v) is 4.17. The first kappa shape index (κ1) is 15.7. The van der Waals surface area contributed by atoms with Crippen LogP contribution in [0.1, 0.15) is 34.5 Å². The lowest BCUT2D eigenvalue weighted by Crippen LogP contribution is -2.42. The largest absolute Gasteiger partial charge is 0.377 e. The summed E-state index contributed by atoms with van der Waals surface area (Å²) >= 11 is 0. The smallest absolute Gasteiger partial charge is 0.254 e. The molecule has 0 unspecified atom stereocenters. The average Bonchev–Trinajstić information content (AvgIpc) is 3.27. The van der Waals surface area contributed by atoms with E-state index in [2.05, 4.69) is 18.8 Å². The van der Waals surface area contributed by atoms with E-state index < -0.39 is 0 Å². The Balaban J connectivity index is 1.63. The molecular weight excluding hydrogens is 304 g/mol. The van der Waals surface area contributed by atoms with Crippen LogP contribution in [0.2, 0.25) is 0 Å². The van der Waals surface area contributed by atoms with Gasteiger partial charge in [0.05, 0.1) is 13.1 Å². The maximum atomic E-state index is 13.0. The normalized spacial score (nSPS) is 26.8. The van der Waals surface area contributed by atoms with Gasteiger partial charge in [-0.25, -0.2) is 0 Å². The molecule has 2 aromatic rings. The number of hydrogen-bond acceptors (Lipinski definition) is 3. The zero-order valence-electron chi connectivity index (χ0n) is 14.5. The molecule has 128 valence electrons. The Morgan fingerprint density at radius 2 is 2.25 bits per heavy atom. The summed E-state index contributed by atoms with van der Waals surface area (Å²) < 4.78 is 11.6. The molecule has 1 aromatic carbocycles. The van der Waals surface area contributed by atoms with Gasteiger partial charge in [-0.05, 0) is 50.5 Å². The number of ether oxygens (including phenoxy) is 2. The Bertz CT molecular complexity index is 789. The van der Waals surface area contributed by atoms with Gasteiger partial charge in [-0.3, -0.25) is 4.79 Å². The van der Waals surface area contributed by atoms with Crippen molar-refractivity contribution in [3.8, 4) is 0 Å². The molecule has 2 saturated heterocycles. The number of rotatable bonds is 2. The molecule has 24 heavy (non-hydrogen) atoms. The summed E-state index contributed by atoms with van der Waals surface area (Å²) in [4.78, 5) is 18.3. The second-order valence-corrected chi connectivity index (χ2v) is 7.06. The van der Waals surface area contributed by atoms with Crippen LogP contribution in [0.4, 0.5) is 0 Å². The number of nitrogens with zero attached hydrogens (tertiary/aromatic N) is 1. The number of aryl methyl sites for hydroxylation is 2. The molecule has 2 aliphatic heterocycles. The second kappa shape index (κ2) is 5.60. The van der Waals surface area contributed by atoms with Crippen molar-refractivity contribution in [2.45, 2.75) is 38.4 Å². The fourth-order valence-electron chi connectivity index (χ4n) is 4.17. The lowest BCUT2D eigenvalue weighted by molar-refractivity contribution is -0.0754. The Morgan fingerprint density at radius 3 is 2.96 bits per heavy atom. The summed E-state index contributed by atoms with van der Waals surface area (Å²) in [6.45, 7) is 6.12. The first-order chi connectivity index (χ1) is 11.5. The number of likely N-dealkylation sites (tertiary alicyclic amines) is 1. The van der Waals surface area contributed by atoms with E-state index in [-0.39, 0.29) is 17.6 Å². The minimum Gasteiger partial charge on any atom is -0.377 e. The molecule has 0 bridgehead atoms. The number of carbonyl (C=O) groups is 1. The molecule has 2 fully saturated rings. The van der Waals surface area contributed by atoms with E-state index in [0.717, 1.165) is 41.6 Å². The van der Waals surface area contributed by atoms with Gasteiger partial charge < -0.3 is 19.4 Å². The average molecular weight is 328 g/mol. The number of methoxy groups -OCH3 is 1. The summed E-state index contributed by atoms with van der Waals surface area (Å²) in [5, 5.41) is 1.12. The number of carbonyl (C=O) groups excluding carboxylic acids is 1. The molecule has 0 aliphatic carbocycles. The molecular formula is C19H24N2O3. The first-order valence-corrected chi connectivity index (χ1v) is 8.59. The number of nitrogens with one attached hydrogen (secondary N) is 1. The number of aromatic nitrogens is 1. The Labute approximate surface area is 141 Å². The number of benzene rings is 1. The van der Waals surface area contributed by atoms with Crippen molar-refractivity contribution in [2.75, 3.05) is 26.8 Å². The van der Waals surface area contributed by atoms with Crippen molar-refractivity contribution in [3.63, 3.8) is 0 Å². The maximum absolute atomic E-state index is 13.0. The SMILES string of the molecule is CO[C@H]1CN(C(=O)c2ccc3[nH]c(C)c(C)c3c2)C[C@@]12CCCO2. The van der Waals surface area contributed by atoms with E-state index in [1.54, 1.807) is 7.11 Å². The molecule has 1 aromatic heterocycles. The molecule has 5 heteroatoms. The van der Waals surface area contributed by atoms with E-state index >= 15 is 0 Å². The highest BCUT2D eigenvalue weighted by molar-refractivity contribution is 5.99. The number of amides is 1. The summed E-state index contributed by atoms with van der Waals surface area (Å²) in [7, 11) is 1.71. The van der Waals surface area contributed by atoms with Crippen molar-refractivity contribution >= 4 is 16.8 Å². The van der Waals surface area contributed by atoms with Gasteiger partial charge in [-0.1, -0.05) is 0 Å². The zero-order valence-corrected chi connectivity index (χ0v) is 14.5. The van der Waals surface area contributed by atoms with E-state index in [9.17, 15) is 4.79 Å². The van der Waals surface area contributed by atoms with Crippen LogP contribution in [0.25, 0.3) is 10.9 Å². The van der Waals surface area contributed by atoms with Gasteiger partial charge in [0.25, 0.3) is 5.91 Å². The van der Waals surface area contributed by atoms with Crippen molar-refractivity contribution in [3.05, 3.63) is 35.0 Å². The standard InChI is InChI=1S/C19H24N2O3/c1-12-13(2)20-16-6-5-14(9-15(12)16)18(22)21-10-17(23-3)19(11-21)7-4-8-24-19/h5-6,9,17,20H,4,7-8,10-11H2,1-3H3/t17-,19-/m0/s1. The molecule has 4 rings (SSSR count). The third-order valence-electron chi connectivity index (χ3n) is 5.69. The van der Waals surface area contributed by atoms with Crippen LogP contribution < -0.4 is 0 Å². The minimum absolute atomic E-state index is 0.0380. The summed E-state index contributed by atoms with van der Waals surface area (Å²) in [5.74, 6) is 0.0598. The minimum atomic E-state index is -0.310. The van der Waals surface area contributed by atoms with Crippen LogP contribution in [0.5, 0.6) is 0 Å². The van der Waals surface area contributed by atoms with E-state index in [1.807, 2.05) is 23.1 Å². The fraction of sp³-hybridized carbons (Fsp3) is 0.526. The van der Waals surface area contributed by atoms with Crippen LogP contribution in [-0.2, 0) is 9.47 Å². The highest BCUT2D eigenvalue weighted by Crippen LogP contribution is 2.37. The second-order valence-electron chi connectivity index (χ2n) is 7.06. The molecule has 1 N–H and O–H groups in total. The van der Waals surface area contributed by atoms with E-state index in [1.165, 1.54) is 5.56 Å². The molecule has 3 heterocycles. The molecule has 2 aliphatic rings. The lowest BCUT2D eigenvalue weighted by Gasteiger charge is -2.27. The van der Waals surface area contributed by atoms with Gasteiger partial charge in [0.2, 0.25) is 0 Å². The molecule has 0 radical (unpaired) electrons. The van der Waals surface area contributed by atoms with Crippen molar-refractivity contribution < 1.29 is 14.3 Å². The van der Waals surface area contributed by atoms with Gasteiger partial charge >= 0.3 is 0 Å². The van der Waals surface area contributed by atoms with Crippen molar-refractivity contribution in [1.82, 2.24) is 9.88 Å². The van der Waals surface area contributed by atoms with Crippen molar-refractivity contribution in [1.29, 1.82) is 0 Å². The Morgan fingerprint density at radius 1 is 1.42 bits per heavy atom. The maximum Gasteiger partial charge on any atom is 0.254 e. The van der Waals surface area contributed by atoms with Gasteiger partial charge in [0, 0.05) is 35.9 Å². The predicted molar refractivity (Wildman–Crippen MR) is 92.4 cm³/mol. The quantitative estimate of drug-likeness (QED) is 0.922. The molecule has 1 amide bonds. The van der Waals surface area contributed by atoms with Crippen LogP contribution >= 0.6 is 0 Å². The third-order valence-corrected chi connectivity index (χ3v) is 5.69. The molecule has 0 saturated carbocycles. The molecule has 1 spiro atoms. The van der Waals surface area contributed by atoms with Gasteiger partial charge in [-0.15, -0.1) is 0 Å². The number of H-pyrrole nitrogens is 1. The first-order valence-electron chi connectivity index (χ1n) is 8.59. The summed E-state index contributed by atoms with van der Waals surface area (Å²) in [6.07, 6.45) is 1.96. The Kier molecular flexibility index (Phi) is 3.66. The summed E-state index contributed by atoms with van der Waals surface area (Å²) in [5.41, 5.74) is 3.84. The van der Waals surface area contributed by atoms with Crippen molar-refractivity contribution in [2.24, 2.45) is 0 Å². The van der Waals surface area contributed by atoms with Crippen LogP contribution in [0, 0.1) is 13.8 Å². The number of hydrogen-bond donors (Lipinski definition) is 1. The van der Waals surface area contributed by atoms with Gasteiger partial charge in [0.1, 0.15) is 11.7 Å². The third kappa shape index (κ3) is 2.26. The van der Waals surface area contributed by atoms with E-state index in [0.29, 0.717) is 13.1 Å². The summed E-state index contributed by atoms with van der Waals surface area (Å²) in [6, 6.07) is 5.90.